The number of rotatable bonds is 6. The number of nitrogens with one attached hydrogen (secondary N) is 1. The van der Waals surface area contributed by atoms with E-state index in [1.165, 1.54) is 6.92 Å². The molecule has 2 N–H and O–H groups in total. The van der Waals surface area contributed by atoms with E-state index in [0.29, 0.717) is 11.3 Å². The number of benzene rings is 4. The van der Waals surface area contributed by atoms with Crippen LogP contribution in [0.3, 0.4) is 0 Å². The number of carboxylic acid groups (broad SMARTS) is 1. The van der Waals surface area contributed by atoms with Crippen molar-refractivity contribution in [1.29, 1.82) is 0 Å². The Kier molecular flexibility index (Phi) is 5.88. The van der Waals surface area contributed by atoms with Crippen molar-refractivity contribution in [2.45, 2.75) is 24.9 Å². The van der Waals surface area contributed by atoms with Crippen LogP contribution in [0.25, 0.3) is 10.8 Å². The standard InChI is InChI=1S/C32H26N2O5/c1-19(35)21-14-16-23(17-15-21)34-29(36)26-27(30(34)37)32(31(38)39,18-20-8-3-2-4-9-20)33-28(26)25-13-7-11-22-10-5-6-12-24(22)25/h2-17,26-28,33H,18H2,1H3,(H,38,39). The molecule has 0 radical (unpaired) electrons. The number of amides is 2. The third kappa shape index (κ3) is 3.85. The molecule has 7 heteroatoms. The summed E-state index contributed by atoms with van der Waals surface area (Å²) in [5.41, 5.74) is 0.579. The second kappa shape index (κ2) is 9.29. The molecule has 2 amide bonds. The van der Waals surface area contributed by atoms with E-state index in [0.717, 1.165) is 26.8 Å². The highest BCUT2D eigenvalue weighted by Crippen LogP contribution is 2.51. The average molecular weight is 519 g/mol. The Bertz CT molecular complexity index is 1630. The number of anilines is 1. The highest BCUT2D eigenvalue weighted by molar-refractivity contribution is 6.24. The van der Waals surface area contributed by atoms with Gasteiger partial charge in [0.1, 0.15) is 5.54 Å². The quantitative estimate of drug-likeness (QED) is 0.287. The molecule has 4 atom stereocenters. The number of carboxylic acids is 1. The maximum atomic E-state index is 14.1. The predicted molar refractivity (Wildman–Crippen MR) is 146 cm³/mol. The maximum absolute atomic E-state index is 14.1. The zero-order valence-electron chi connectivity index (χ0n) is 21.2. The van der Waals surface area contributed by atoms with Gasteiger partial charge in [-0.2, -0.15) is 0 Å². The normalized spacial score (nSPS) is 24.2. The van der Waals surface area contributed by atoms with Crippen LogP contribution in [0.15, 0.2) is 97.1 Å². The summed E-state index contributed by atoms with van der Waals surface area (Å²) in [5.74, 6) is -4.41. The molecule has 0 aliphatic carbocycles. The minimum atomic E-state index is -1.71. The van der Waals surface area contributed by atoms with Crippen molar-refractivity contribution in [3.8, 4) is 0 Å². The highest BCUT2D eigenvalue weighted by atomic mass is 16.4. The first kappa shape index (κ1) is 24.7. The summed E-state index contributed by atoms with van der Waals surface area (Å²) < 4.78 is 0. The molecule has 2 aliphatic heterocycles. The third-order valence-electron chi connectivity index (χ3n) is 8.05. The molecule has 0 aromatic heterocycles. The van der Waals surface area contributed by atoms with E-state index in [4.69, 9.17) is 0 Å². The largest absolute Gasteiger partial charge is 0.480 e. The third-order valence-corrected chi connectivity index (χ3v) is 8.05. The summed E-state index contributed by atoms with van der Waals surface area (Å²) in [4.78, 5) is 54.2. The van der Waals surface area contributed by atoms with E-state index in [9.17, 15) is 24.3 Å². The van der Waals surface area contributed by atoms with Gasteiger partial charge in [-0.05, 0) is 53.1 Å². The molecular weight excluding hydrogens is 492 g/mol. The highest BCUT2D eigenvalue weighted by Gasteiger charge is 2.68. The molecule has 0 spiro atoms. The van der Waals surface area contributed by atoms with Gasteiger partial charge in [-0.15, -0.1) is 0 Å². The van der Waals surface area contributed by atoms with Crippen LogP contribution in [-0.2, 0) is 20.8 Å². The number of ketones is 1. The molecule has 0 bridgehead atoms. The van der Waals surface area contributed by atoms with Crippen molar-refractivity contribution in [3.63, 3.8) is 0 Å². The van der Waals surface area contributed by atoms with Crippen molar-refractivity contribution in [3.05, 3.63) is 114 Å². The Morgan fingerprint density at radius 2 is 1.51 bits per heavy atom. The average Bonchev–Trinajstić information content (AvgIpc) is 3.42. The van der Waals surface area contributed by atoms with Crippen molar-refractivity contribution in [1.82, 2.24) is 5.32 Å². The number of fused-ring (bicyclic) bond motifs is 2. The summed E-state index contributed by atoms with van der Waals surface area (Å²) in [7, 11) is 0. The fourth-order valence-corrected chi connectivity index (χ4v) is 6.24. The van der Waals surface area contributed by atoms with Crippen LogP contribution in [-0.4, -0.2) is 34.2 Å². The van der Waals surface area contributed by atoms with Gasteiger partial charge >= 0.3 is 5.97 Å². The van der Waals surface area contributed by atoms with Crippen LogP contribution in [0.5, 0.6) is 0 Å². The summed E-state index contributed by atoms with van der Waals surface area (Å²) in [5, 5.41) is 15.9. The minimum Gasteiger partial charge on any atom is -0.480 e. The number of hydrogen-bond acceptors (Lipinski definition) is 5. The summed E-state index contributed by atoms with van der Waals surface area (Å²) in [6, 6.07) is 28.2. The van der Waals surface area contributed by atoms with Gasteiger partial charge in [-0.3, -0.25) is 24.5 Å². The van der Waals surface area contributed by atoms with Crippen LogP contribution < -0.4 is 10.2 Å². The van der Waals surface area contributed by atoms with Crippen molar-refractivity contribution < 1.29 is 24.3 Å². The predicted octanol–water partition coefficient (Wildman–Crippen LogP) is 4.56. The molecule has 2 heterocycles. The van der Waals surface area contributed by atoms with Gasteiger partial charge in [0.2, 0.25) is 11.8 Å². The number of imide groups is 1. The Morgan fingerprint density at radius 3 is 2.21 bits per heavy atom. The van der Waals surface area contributed by atoms with E-state index >= 15 is 0 Å². The molecule has 4 unspecified atom stereocenters. The van der Waals surface area contributed by atoms with Crippen LogP contribution in [0.2, 0.25) is 0 Å². The lowest BCUT2D eigenvalue weighted by atomic mass is 9.76. The van der Waals surface area contributed by atoms with E-state index in [-0.39, 0.29) is 12.2 Å². The molecule has 4 aromatic rings. The van der Waals surface area contributed by atoms with Crippen LogP contribution in [0, 0.1) is 11.8 Å². The van der Waals surface area contributed by atoms with Gasteiger partial charge in [0, 0.05) is 18.0 Å². The fourth-order valence-electron chi connectivity index (χ4n) is 6.24. The second-order valence-corrected chi connectivity index (χ2v) is 10.2. The molecule has 2 aliphatic rings. The lowest BCUT2D eigenvalue weighted by Crippen LogP contribution is -2.57. The zero-order valence-corrected chi connectivity index (χ0v) is 21.2. The number of nitrogens with zero attached hydrogens (tertiary/aromatic N) is 1. The minimum absolute atomic E-state index is 0.0295. The number of aliphatic carboxylic acids is 1. The molecule has 194 valence electrons. The van der Waals surface area contributed by atoms with E-state index < -0.39 is 41.2 Å². The van der Waals surface area contributed by atoms with Gasteiger partial charge in [0.25, 0.3) is 0 Å². The summed E-state index contributed by atoms with van der Waals surface area (Å²) in [6.07, 6.45) is 0.0295. The number of hydrogen-bond donors (Lipinski definition) is 2. The van der Waals surface area contributed by atoms with E-state index in [1.54, 1.807) is 24.3 Å². The fraction of sp³-hybridized carbons (Fsp3) is 0.188. The van der Waals surface area contributed by atoms with E-state index in [1.807, 2.05) is 72.8 Å². The first-order chi connectivity index (χ1) is 18.8. The van der Waals surface area contributed by atoms with Crippen LogP contribution in [0.1, 0.15) is 34.5 Å². The molecule has 4 aromatic carbocycles. The van der Waals surface area contributed by atoms with Gasteiger partial charge in [-0.25, -0.2) is 4.90 Å². The smallest absolute Gasteiger partial charge is 0.325 e. The lowest BCUT2D eigenvalue weighted by molar-refractivity contribution is -0.148. The Balaban J connectivity index is 1.52. The van der Waals surface area contributed by atoms with Crippen molar-refractivity contribution in [2.24, 2.45) is 11.8 Å². The summed E-state index contributed by atoms with van der Waals surface area (Å²) >= 11 is 0. The molecule has 6 rings (SSSR count). The molecule has 2 fully saturated rings. The van der Waals surface area contributed by atoms with E-state index in [2.05, 4.69) is 5.32 Å². The Morgan fingerprint density at radius 1 is 0.846 bits per heavy atom. The van der Waals surface area contributed by atoms with Crippen LogP contribution >= 0.6 is 0 Å². The van der Waals surface area contributed by atoms with Gasteiger partial charge in [0.15, 0.2) is 5.78 Å². The Hall–Kier alpha value is -4.62. The van der Waals surface area contributed by atoms with Gasteiger partial charge < -0.3 is 5.11 Å². The number of carbonyl (C=O) groups is 4. The first-order valence-electron chi connectivity index (χ1n) is 12.8. The second-order valence-electron chi connectivity index (χ2n) is 10.2. The van der Waals surface area contributed by atoms with Crippen LogP contribution in [0.4, 0.5) is 5.69 Å². The van der Waals surface area contributed by atoms with Crippen molar-refractivity contribution in [2.75, 3.05) is 4.90 Å². The maximum Gasteiger partial charge on any atom is 0.325 e. The van der Waals surface area contributed by atoms with Crippen molar-refractivity contribution >= 4 is 40.0 Å². The topological polar surface area (TPSA) is 104 Å². The monoisotopic (exact) mass is 518 g/mol. The lowest BCUT2D eigenvalue weighted by Gasteiger charge is -2.31. The zero-order chi connectivity index (χ0) is 27.3. The van der Waals surface area contributed by atoms with Gasteiger partial charge in [-0.1, -0.05) is 72.8 Å². The molecule has 39 heavy (non-hydrogen) atoms. The SMILES string of the molecule is CC(=O)c1ccc(N2C(=O)C3C(c4cccc5ccccc45)NC(Cc4ccccc4)(C(=O)O)C3C2=O)cc1. The molecule has 2 saturated heterocycles. The molecule has 7 nitrogen and oxygen atoms in total. The first-order valence-corrected chi connectivity index (χ1v) is 12.8. The van der Waals surface area contributed by atoms with Gasteiger partial charge in [0.05, 0.1) is 17.5 Å². The molecular formula is C32H26N2O5. The summed E-state index contributed by atoms with van der Waals surface area (Å²) in [6.45, 7) is 1.44. The number of Topliss-reactive ketones (excluding diaryl/α,β-unsaturated/α-hetero) is 1. The Labute approximate surface area is 225 Å². The molecule has 0 saturated carbocycles. The number of carbonyl (C=O) groups excluding carboxylic acids is 3.